The van der Waals surface area contributed by atoms with Gasteiger partial charge in [-0.25, -0.2) is 0 Å². The number of likely N-dealkylation sites (N-methyl/N-ethyl adjacent to an activating group) is 1. The number of carbonyl (C=O) groups is 2. The molecule has 3 aliphatic rings. The fourth-order valence-electron chi connectivity index (χ4n) is 6.19. The number of rotatable bonds is 8. The maximum absolute atomic E-state index is 14.3. The number of aliphatic hydroxyl groups excluding tert-OH is 1. The van der Waals surface area contributed by atoms with Crippen LogP contribution in [0.25, 0.3) is 0 Å². The molecule has 2 fully saturated rings. The Balaban J connectivity index is 1.59. The van der Waals surface area contributed by atoms with Gasteiger partial charge in [0, 0.05) is 43.8 Å². The first-order valence-electron chi connectivity index (χ1n) is 16.1. The largest absolute Gasteiger partial charge is 0.490 e. The molecule has 0 unspecified atom stereocenters. The highest BCUT2D eigenvalue weighted by Gasteiger charge is 2.31. The van der Waals surface area contributed by atoms with Gasteiger partial charge in [0.1, 0.15) is 5.75 Å². The maximum Gasteiger partial charge on any atom is 0.258 e. The molecule has 0 radical (unpaired) electrons. The molecular weight excluding hydrogens is 518 g/mol. The van der Waals surface area contributed by atoms with Crippen molar-refractivity contribution in [3.05, 3.63) is 23.8 Å². The van der Waals surface area contributed by atoms with E-state index in [0.717, 1.165) is 64.0 Å². The molecule has 0 saturated heterocycles. The van der Waals surface area contributed by atoms with Crippen molar-refractivity contribution >= 4 is 17.5 Å². The van der Waals surface area contributed by atoms with Gasteiger partial charge in [0.05, 0.1) is 30.4 Å². The Bertz CT molecular complexity index is 993. The average Bonchev–Trinajstić information content (AvgIpc) is 3.78. The van der Waals surface area contributed by atoms with Crippen LogP contribution in [-0.2, 0) is 9.53 Å². The zero-order valence-electron chi connectivity index (χ0n) is 25.8. The minimum atomic E-state index is -0.381. The third kappa shape index (κ3) is 9.42. The summed E-state index contributed by atoms with van der Waals surface area (Å²) >= 11 is 0. The summed E-state index contributed by atoms with van der Waals surface area (Å²) in [5, 5.41) is 13.2. The molecule has 8 heteroatoms. The minimum absolute atomic E-state index is 0.0165. The average molecular weight is 572 g/mol. The van der Waals surface area contributed by atoms with Crippen molar-refractivity contribution < 1.29 is 24.2 Å². The van der Waals surface area contributed by atoms with Crippen LogP contribution in [0.2, 0.25) is 0 Å². The minimum Gasteiger partial charge on any atom is -0.490 e. The fraction of sp³-hybridized carbons (Fsp3) is 0.758. The third-order valence-electron chi connectivity index (χ3n) is 9.05. The zero-order valence-corrected chi connectivity index (χ0v) is 25.8. The molecule has 4 atom stereocenters. The van der Waals surface area contributed by atoms with E-state index in [1.54, 1.807) is 11.0 Å². The molecule has 2 saturated carbocycles. The number of fused-ring (bicyclic) bond motifs is 1. The Morgan fingerprint density at radius 1 is 1.07 bits per heavy atom. The van der Waals surface area contributed by atoms with Crippen LogP contribution >= 0.6 is 0 Å². The monoisotopic (exact) mass is 571 g/mol. The van der Waals surface area contributed by atoms with Gasteiger partial charge in [-0.3, -0.25) is 9.59 Å². The van der Waals surface area contributed by atoms with E-state index in [0.29, 0.717) is 30.2 Å². The van der Waals surface area contributed by atoms with Crippen molar-refractivity contribution in [1.82, 2.24) is 9.80 Å². The number of hydrogen-bond donors (Lipinski definition) is 2. The van der Waals surface area contributed by atoms with Crippen LogP contribution in [0.3, 0.4) is 0 Å². The summed E-state index contributed by atoms with van der Waals surface area (Å²) in [7, 11) is 2.16. The van der Waals surface area contributed by atoms with Crippen molar-refractivity contribution in [2.45, 2.75) is 103 Å². The summed E-state index contributed by atoms with van der Waals surface area (Å²) in [6, 6.07) is 5.03. The molecular formula is C33H53N3O5. The number of hydrogen-bond acceptors (Lipinski definition) is 6. The number of benzene rings is 1. The first kappa shape index (κ1) is 31.8. The van der Waals surface area contributed by atoms with Gasteiger partial charge in [-0.05, 0) is 90.0 Å². The predicted molar refractivity (Wildman–Crippen MR) is 162 cm³/mol. The van der Waals surface area contributed by atoms with Gasteiger partial charge >= 0.3 is 0 Å². The standard InChI is InChI=1S/C33H53N3O5/c1-23-19-36(24(2)22-37)33(39)29-18-28(34-32(38)27-11-6-5-7-12-27)15-16-30(29)41-25(3)10-8-9-17-40-31(23)21-35(4)20-26-13-14-26/h15-16,18,23-27,31,37H,5-14,17,19-22H2,1-4H3,(H,34,38)/t23-,24-,25-,31+/m0/s1. The summed E-state index contributed by atoms with van der Waals surface area (Å²) in [6.45, 7) is 8.95. The number of ether oxygens (including phenoxy) is 2. The van der Waals surface area contributed by atoms with Crippen LogP contribution in [-0.4, -0.2) is 84.9 Å². The van der Waals surface area contributed by atoms with Crippen molar-refractivity contribution in [2.75, 3.05) is 45.2 Å². The second-order valence-corrected chi connectivity index (χ2v) is 13.0. The summed E-state index contributed by atoms with van der Waals surface area (Å²) in [4.78, 5) is 31.4. The van der Waals surface area contributed by atoms with Crippen LogP contribution < -0.4 is 10.1 Å². The fourth-order valence-corrected chi connectivity index (χ4v) is 6.19. The number of anilines is 1. The molecule has 2 amide bonds. The van der Waals surface area contributed by atoms with Gasteiger partial charge in [-0.2, -0.15) is 0 Å². The highest BCUT2D eigenvalue weighted by atomic mass is 16.5. The Kier molecular flexibility index (Phi) is 11.9. The molecule has 1 aromatic rings. The van der Waals surface area contributed by atoms with E-state index in [-0.39, 0.29) is 48.5 Å². The summed E-state index contributed by atoms with van der Waals surface area (Å²) in [5.41, 5.74) is 1.03. The SMILES string of the molecule is C[C@H]1CCCCO[C@H](CN(C)CC2CC2)[C@@H](C)CN([C@@H](C)CO)C(=O)c2cc(NC(=O)C3CCCCC3)ccc2O1. The molecule has 230 valence electrons. The third-order valence-corrected chi connectivity index (χ3v) is 9.05. The summed E-state index contributed by atoms with van der Waals surface area (Å²) in [6.07, 6.45) is 10.5. The molecule has 41 heavy (non-hydrogen) atoms. The lowest BCUT2D eigenvalue weighted by molar-refractivity contribution is -0.120. The van der Waals surface area contributed by atoms with Gasteiger partial charge in [-0.1, -0.05) is 26.2 Å². The van der Waals surface area contributed by atoms with Gasteiger partial charge in [0.2, 0.25) is 5.91 Å². The Labute approximate surface area is 247 Å². The molecule has 2 aliphatic carbocycles. The van der Waals surface area contributed by atoms with E-state index in [1.165, 1.54) is 19.3 Å². The lowest BCUT2D eigenvalue weighted by Crippen LogP contribution is -2.47. The first-order valence-corrected chi connectivity index (χ1v) is 16.1. The number of carbonyl (C=O) groups excluding carboxylic acids is 2. The van der Waals surface area contributed by atoms with E-state index >= 15 is 0 Å². The first-order chi connectivity index (χ1) is 19.7. The van der Waals surface area contributed by atoms with Crippen LogP contribution in [0.4, 0.5) is 5.69 Å². The lowest BCUT2D eigenvalue weighted by Gasteiger charge is -2.36. The molecule has 4 rings (SSSR count). The quantitative estimate of drug-likeness (QED) is 0.438. The molecule has 1 aliphatic heterocycles. The Morgan fingerprint density at radius 3 is 2.51 bits per heavy atom. The van der Waals surface area contributed by atoms with Gasteiger partial charge in [0.15, 0.2) is 0 Å². The molecule has 8 nitrogen and oxygen atoms in total. The van der Waals surface area contributed by atoms with Gasteiger partial charge < -0.3 is 29.7 Å². The summed E-state index contributed by atoms with van der Waals surface area (Å²) < 4.78 is 12.8. The highest BCUT2D eigenvalue weighted by molar-refractivity contribution is 6.00. The van der Waals surface area contributed by atoms with Crippen LogP contribution in [0.15, 0.2) is 18.2 Å². The van der Waals surface area contributed by atoms with E-state index in [9.17, 15) is 14.7 Å². The van der Waals surface area contributed by atoms with Crippen molar-refractivity contribution in [2.24, 2.45) is 17.8 Å². The lowest BCUT2D eigenvalue weighted by atomic mass is 9.88. The topological polar surface area (TPSA) is 91.3 Å². The van der Waals surface area contributed by atoms with E-state index in [1.807, 2.05) is 26.0 Å². The molecule has 0 spiro atoms. The Hall–Kier alpha value is -2.16. The van der Waals surface area contributed by atoms with E-state index in [4.69, 9.17) is 9.47 Å². The number of nitrogens with zero attached hydrogens (tertiary/aromatic N) is 2. The van der Waals surface area contributed by atoms with E-state index < -0.39 is 0 Å². The molecule has 2 N–H and O–H groups in total. The number of aliphatic hydroxyl groups is 1. The second-order valence-electron chi connectivity index (χ2n) is 13.0. The van der Waals surface area contributed by atoms with Crippen molar-refractivity contribution in [3.8, 4) is 5.75 Å². The van der Waals surface area contributed by atoms with Crippen molar-refractivity contribution in [1.29, 1.82) is 0 Å². The van der Waals surface area contributed by atoms with Crippen LogP contribution in [0.5, 0.6) is 5.75 Å². The van der Waals surface area contributed by atoms with Crippen LogP contribution in [0, 0.1) is 17.8 Å². The predicted octanol–water partition coefficient (Wildman–Crippen LogP) is 5.34. The van der Waals surface area contributed by atoms with Crippen molar-refractivity contribution in [3.63, 3.8) is 0 Å². The molecule has 0 bridgehead atoms. The van der Waals surface area contributed by atoms with Crippen LogP contribution in [0.1, 0.15) is 95.3 Å². The zero-order chi connectivity index (χ0) is 29.4. The molecule has 1 heterocycles. The van der Waals surface area contributed by atoms with E-state index in [2.05, 4.69) is 24.2 Å². The normalized spacial score (nSPS) is 26.1. The number of nitrogens with one attached hydrogen (secondary N) is 1. The smallest absolute Gasteiger partial charge is 0.258 e. The Morgan fingerprint density at radius 2 is 1.80 bits per heavy atom. The second kappa shape index (κ2) is 15.4. The maximum atomic E-state index is 14.3. The number of amides is 2. The van der Waals surface area contributed by atoms with Gasteiger partial charge in [-0.15, -0.1) is 0 Å². The summed E-state index contributed by atoms with van der Waals surface area (Å²) in [5.74, 6) is 1.23. The molecule has 1 aromatic carbocycles. The highest BCUT2D eigenvalue weighted by Crippen LogP contribution is 2.31. The van der Waals surface area contributed by atoms with Gasteiger partial charge in [0.25, 0.3) is 5.91 Å². The molecule has 0 aromatic heterocycles.